The third-order valence-corrected chi connectivity index (χ3v) is 4.02. The zero-order chi connectivity index (χ0) is 9.97. The highest BCUT2D eigenvalue weighted by Gasteiger charge is 2.09. The molecule has 0 aromatic carbocycles. The van der Waals surface area contributed by atoms with Gasteiger partial charge in [0, 0.05) is 5.38 Å². The van der Waals surface area contributed by atoms with Gasteiger partial charge < -0.3 is 5.32 Å². The molecule has 4 heteroatoms. The molecule has 0 aliphatic heterocycles. The molecule has 0 aliphatic rings. The Morgan fingerprint density at radius 3 is 2.93 bits per heavy atom. The lowest BCUT2D eigenvalue weighted by Crippen LogP contribution is -2.11. The van der Waals surface area contributed by atoms with E-state index in [1.54, 1.807) is 22.7 Å². The first-order valence-corrected chi connectivity index (χ1v) is 6.23. The predicted octanol–water partition coefficient (Wildman–Crippen LogP) is 3.15. The van der Waals surface area contributed by atoms with Gasteiger partial charge in [-0.3, -0.25) is 0 Å². The summed E-state index contributed by atoms with van der Waals surface area (Å²) in [5.41, 5.74) is 1.10. The first-order valence-electron chi connectivity index (χ1n) is 4.48. The van der Waals surface area contributed by atoms with Crippen LogP contribution in [0.1, 0.15) is 18.0 Å². The summed E-state index contributed by atoms with van der Waals surface area (Å²) in [6.07, 6.45) is 0. The van der Waals surface area contributed by atoms with E-state index in [0.29, 0.717) is 6.04 Å². The van der Waals surface area contributed by atoms with E-state index in [4.69, 9.17) is 0 Å². The van der Waals surface area contributed by atoms with Crippen LogP contribution < -0.4 is 5.32 Å². The van der Waals surface area contributed by atoms with Gasteiger partial charge >= 0.3 is 0 Å². The smallest absolute Gasteiger partial charge is 0.110 e. The van der Waals surface area contributed by atoms with Gasteiger partial charge in [-0.05, 0) is 25.4 Å². The molecule has 2 heterocycles. The minimum Gasteiger partial charge on any atom is -0.311 e. The lowest BCUT2D eigenvalue weighted by atomic mass is 10.3. The van der Waals surface area contributed by atoms with Crippen LogP contribution in [0.2, 0.25) is 0 Å². The van der Waals surface area contributed by atoms with Crippen LogP contribution in [0.3, 0.4) is 0 Å². The summed E-state index contributed by atoms with van der Waals surface area (Å²) in [4.78, 5) is 5.84. The van der Waals surface area contributed by atoms with Crippen molar-refractivity contribution >= 4 is 22.7 Å². The van der Waals surface area contributed by atoms with E-state index < -0.39 is 0 Å². The standard InChI is InChI=1S/C10H12N2S2/c1-7(11-2)10-12-8(6-14-10)9-4-3-5-13-9/h3-7,11H,1-2H3. The van der Waals surface area contributed by atoms with Crippen LogP contribution in [0.25, 0.3) is 10.6 Å². The van der Waals surface area contributed by atoms with E-state index in [1.165, 1.54) is 4.88 Å². The summed E-state index contributed by atoms with van der Waals surface area (Å²) in [5, 5.41) is 8.54. The normalized spacial score (nSPS) is 13.0. The number of nitrogens with one attached hydrogen (secondary N) is 1. The first-order chi connectivity index (χ1) is 6.81. The average molecular weight is 224 g/mol. The van der Waals surface area contributed by atoms with Gasteiger partial charge in [-0.15, -0.1) is 22.7 Å². The fraction of sp³-hybridized carbons (Fsp3) is 0.300. The molecule has 2 aromatic heterocycles. The van der Waals surface area contributed by atoms with Crippen molar-refractivity contribution in [3.8, 4) is 10.6 Å². The molecule has 1 unspecified atom stereocenters. The van der Waals surface area contributed by atoms with Crippen molar-refractivity contribution in [1.29, 1.82) is 0 Å². The molecule has 1 N–H and O–H groups in total. The van der Waals surface area contributed by atoms with Crippen LogP contribution in [0, 0.1) is 0 Å². The van der Waals surface area contributed by atoms with Crippen LogP contribution in [-0.4, -0.2) is 12.0 Å². The molecule has 2 nitrogen and oxygen atoms in total. The molecule has 0 amide bonds. The number of rotatable bonds is 3. The topological polar surface area (TPSA) is 24.9 Å². The highest BCUT2D eigenvalue weighted by molar-refractivity contribution is 7.14. The molecule has 0 saturated heterocycles. The molecule has 0 spiro atoms. The monoisotopic (exact) mass is 224 g/mol. The van der Waals surface area contributed by atoms with E-state index in [1.807, 2.05) is 7.05 Å². The zero-order valence-corrected chi connectivity index (χ0v) is 9.78. The summed E-state index contributed by atoms with van der Waals surface area (Å²) in [6, 6.07) is 4.50. The van der Waals surface area contributed by atoms with Crippen molar-refractivity contribution in [2.75, 3.05) is 7.05 Å². The molecule has 1 atom stereocenters. The number of aromatic nitrogens is 1. The van der Waals surface area contributed by atoms with Gasteiger partial charge in [-0.1, -0.05) is 6.07 Å². The molecule has 0 bridgehead atoms. The summed E-state index contributed by atoms with van der Waals surface area (Å²) in [6.45, 7) is 2.12. The summed E-state index contributed by atoms with van der Waals surface area (Å²) in [7, 11) is 1.96. The van der Waals surface area contributed by atoms with Crippen molar-refractivity contribution in [2.24, 2.45) is 0 Å². The van der Waals surface area contributed by atoms with Crippen molar-refractivity contribution in [1.82, 2.24) is 10.3 Å². The van der Waals surface area contributed by atoms with Gasteiger partial charge in [0.1, 0.15) is 5.01 Å². The van der Waals surface area contributed by atoms with Crippen LogP contribution >= 0.6 is 22.7 Å². The highest BCUT2D eigenvalue weighted by atomic mass is 32.1. The van der Waals surface area contributed by atoms with Crippen molar-refractivity contribution in [3.05, 3.63) is 27.9 Å². The Morgan fingerprint density at radius 1 is 1.43 bits per heavy atom. The Kier molecular flexibility index (Phi) is 2.96. The zero-order valence-electron chi connectivity index (χ0n) is 8.15. The summed E-state index contributed by atoms with van der Waals surface area (Å²) in [5.74, 6) is 0. The molecule has 74 valence electrons. The van der Waals surface area contributed by atoms with Gasteiger partial charge in [0.05, 0.1) is 16.6 Å². The Balaban J connectivity index is 2.26. The Morgan fingerprint density at radius 2 is 2.29 bits per heavy atom. The predicted molar refractivity (Wildman–Crippen MR) is 62.9 cm³/mol. The summed E-state index contributed by atoms with van der Waals surface area (Å²) >= 11 is 3.45. The Labute approximate surface area is 91.6 Å². The minimum atomic E-state index is 0.341. The van der Waals surface area contributed by atoms with E-state index in [-0.39, 0.29) is 0 Å². The molecule has 0 fully saturated rings. The molecule has 2 rings (SSSR count). The second-order valence-corrected chi connectivity index (χ2v) is 4.90. The Bertz CT molecular complexity index is 392. The molecular weight excluding hydrogens is 212 g/mol. The number of nitrogens with zero attached hydrogens (tertiary/aromatic N) is 1. The lowest BCUT2D eigenvalue weighted by Gasteiger charge is -2.04. The van der Waals surface area contributed by atoms with E-state index in [9.17, 15) is 0 Å². The fourth-order valence-corrected chi connectivity index (χ4v) is 2.79. The number of hydrogen-bond acceptors (Lipinski definition) is 4. The van der Waals surface area contributed by atoms with E-state index in [2.05, 4.69) is 40.1 Å². The van der Waals surface area contributed by atoms with E-state index in [0.717, 1.165) is 10.7 Å². The largest absolute Gasteiger partial charge is 0.311 e. The molecule has 0 aliphatic carbocycles. The average Bonchev–Trinajstić information content (AvgIpc) is 2.86. The van der Waals surface area contributed by atoms with Crippen LogP contribution in [-0.2, 0) is 0 Å². The third-order valence-electron chi connectivity index (χ3n) is 2.10. The van der Waals surface area contributed by atoms with Crippen LogP contribution in [0.5, 0.6) is 0 Å². The maximum Gasteiger partial charge on any atom is 0.110 e. The SMILES string of the molecule is CNC(C)c1nc(-c2cccs2)cs1. The van der Waals surface area contributed by atoms with Gasteiger partial charge in [0.2, 0.25) is 0 Å². The molecule has 0 saturated carbocycles. The maximum absolute atomic E-state index is 4.59. The van der Waals surface area contributed by atoms with Crippen LogP contribution in [0.15, 0.2) is 22.9 Å². The second-order valence-electron chi connectivity index (χ2n) is 3.06. The van der Waals surface area contributed by atoms with Gasteiger partial charge in [0.15, 0.2) is 0 Å². The first kappa shape index (κ1) is 9.83. The van der Waals surface area contributed by atoms with Gasteiger partial charge in [-0.2, -0.15) is 0 Å². The third kappa shape index (κ3) is 1.87. The lowest BCUT2D eigenvalue weighted by molar-refractivity contribution is 0.648. The number of hydrogen-bond donors (Lipinski definition) is 1. The van der Waals surface area contributed by atoms with Crippen molar-refractivity contribution in [3.63, 3.8) is 0 Å². The summed E-state index contributed by atoms with van der Waals surface area (Å²) < 4.78 is 0. The van der Waals surface area contributed by atoms with Crippen LogP contribution in [0.4, 0.5) is 0 Å². The minimum absolute atomic E-state index is 0.341. The molecule has 2 aromatic rings. The highest BCUT2D eigenvalue weighted by Crippen LogP contribution is 2.28. The van der Waals surface area contributed by atoms with Crippen molar-refractivity contribution < 1.29 is 0 Å². The van der Waals surface area contributed by atoms with Gasteiger partial charge in [0.25, 0.3) is 0 Å². The second kappa shape index (κ2) is 4.21. The van der Waals surface area contributed by atoms with Gasteiger partial charge in [-0.25, -0.2) is 4.98 Å². The number of thiazole rings is 1. The molecule has 0 radical (unpaired) electrons. The van der Waals surface area contributed by atoms with Crippen molar-refractivity contribution in [2.45, 2.75) is 13.0 Å². The Hall–Kier alpha value is -0.710. The quantitative estimate of drug-likeness (QED) is 0.866. The molecular formula is C10H12N2S2. The number of thiophene rings is 1. The maximum atomic E-state index is 4.59. The molecule has 14 heavy (non-hydrogen) atoms. The van der Waals surface area contributed by atoms with E-state index >= 15 is 0 Å². The fourth-order valence-electron chi connectivity index (χ4n) is 1.15.